The molecule has 0 N–H and O–H groups in total. The second-order valence-electron chi connectivity index (χ2n) is 11.5. The van der Waals surface area contributed by atoms with Crippen molar-refractivity contribution in [2.24, 2.45) is 0 Å². The Hall–Kier alpha value is -4.16. The van der Waals surface area contributed by atoms with Gasteiger partial charge in [0.05, 0.1) is 61.5 Å². The quantitative estimate of drug-likeness (QED) is 0.119. The molecule has 1 aliphatic rings. The summed E-state index contributed by atoms with van der Waals surface area (Å²) in [5.41, 5.74) is 3.90. The van der Waals surface area contributed by atoms with Gasteiger partial charge in [0.15, 0.2) is 6.29 Å². The number of hydrogen-bond donors (Lipinski definition) is 0. The minimum absolute atomic E-state index is 0.229. The second-order valence-corrected chi connectivity index (χ2v) is 11.5. The van der Waals surface area contributed by atoms with Crippen molar-refractivity contribution in [2.75, 3.05) is 42.2 Å². The van der Waals surface area contributed by atoms with E-state index in [0.717, 1.165) is 45.3 Å². The molecule has 5 rings (SSSR count). The van der Waals surface area contributed by atoms with Gasteiger partial charge < -0.3 is 47.4 Å². The predicted octanol–water partition coefficient (Wildman–Crippen LogP) is 6.37. The number of methoxy groups -OCH3 is 5. The van der Waals surface area contributed by atoms with Gasteiger partial charge in [-0.05, 0) is 70.8 Å². The van der Waals surface area contributed by atoms with Gasteiger partial charge >= 0.3 is 0 Å². The molecule has 262 valence electrons. The van der Waals surface area contributed by atoms with E-state index in [4.69, 9.17) is 47.4 Å². The van der Waals surface area contributed by atoms with E-state index in [1.54, 1.807) is 35.5 Å². The molecule has 1 fully saturated rings. The smallest absolute Gasteiger partial charge is 0.186 e. The summed E-state index contributed by atoms with van der Waals surface area (Å²) in [5, 5.41) is 0. The van der Waals surface area contributed by atoms with Crippen LogP contribution in [0, 0.1) is 0 Å². The normalized spacial score (nSPS) is 20.5. The predicted molar refractivity (Wildman–Crippen MR) is 183 cm³/mol. The third kappa shape index (κ3) is 10.2. The molecule has 0 amide bonds. The van der Waals surface area contributed by atoms with Crippen molar-refractivity contribution in [3.63, 3.8) is 0 Å². The lowest BCUT2D eigenvalue weighted by Gasteiger charge is -2.45. The SMILES string of the molecule is COc1ccc(COC[C@H]2O[C@H](OC)[C@H](OCc3ccc(OC)cc3)[C@@H](OCc3ccc(OC)cc3)[C@@H]2OCc2ccc(OC)cc2)cc1. The number of hydrogen-bond acceptors (Lipinski definition) is 10. The highest BCUT2D eigenvalue weighted by Crippen LogP contribution is 2.32. The van der Waals surface area contributed by atoms with Crippen LogP contribution >= 0.6 is 0 Å². The van der Waals surface area contributed by atoms with E-state index >= 15 is 0 Å². The fourth-order valence-corrected chi connectivity index (χ4v) is 5.53. The highest BCUT2D eigenvalue weighted by atomic mass is 16.7. The molecule has 0 saturated carbocycles. The Bertz CT molecular complexity index is 1510. The first-order valence-corrected chi connectivity index (χ1v) is 16.2. The van der Waals surface area contributed by atoms with E-state index in [2.05, 4.69) is 0 Å². The van der Waals surface area contributed by atoms with Gasteiger partial charge in [0.2, 0.25) is 0 Å². The summed E-state index contributed by atoms with van der Waals surface area (Å²) < 4.78 is 59.9. The zero-order valence-electron chi connectivity index (χ0n) is 28.7. The number of benzene rings is 4. The summed E-state index contributed by atoms with van der Waals surface area (Å²) in [5.74, 6) is 3.09. The Morgan fingerprint density at radius 2 is 0.776 bits per heavy atom. The lowest BCUT2D eigenvalue weighted by Crippen LogP contribution is -2.61. The largest absolute Gasteiger partial charge is 0.497 e. The lowest BCUT2D eigenvalue weighted by molar-refractivity contribution is -0.323. The van der Waals surface area contributed by atoms with Gasteiger partial charge in [-0.3, -0.25) is 0 Å². The third-order valence-electron chi connectivity index (χ3n) is 8.34. The van der Waals surface area contributed by atoms with Crippen molar-refractivity contribution < 1.29 is 47.4 Å². The van der Waals surface area contributed by atoms with Gasteiger partial charge in [-0.1, -0.05) is 48.5 Å². The summed E-state index contributed by atoms with van der Waals surface area (Å²) >= 11 is 0. The molecule has 1 aliphatic heterocycles. The molecule has 10 heteroatoms. The van der Waals surface area contributed by atoms with Crippen molar-refractivity contribution in [3.8, 4) is 23.0 Å². The zero-order valence-corrected chi connectivity index (χ0v) is 28.7. The highest BCUT2D eigenvalue weighted by molar-refractivity contribution is 5.29. The Morgan fingerprint density at radius 3 is 1.14 bits per heavy atom. The van der Waals surface area contributed by atoms with Gasteiger partial charge in [0.1, 0.15) is 47.4 Å². The van der Waals surface area contributed by atoms with Crippen molar-refractivity contribution in [3.05, 3.63) is 119 Å². The topological polar surface area (TPSA) is 92.3 Å². The molecule has 4 aromatic rings. The van der Waals surface area contributed by atoms with E-state index in [1.807, 2.05) is 97.1 Å². The monoisotopic (exact) mass is 674 g/mol. The van der Waals surface area contributed by atoms with E-state index < -0.39 is 30.7 Å². The molecule has 10 nitrogen and oxygen atoms in total. The van der Waals surface area contributed by atoms with E-state index in [-0.39, 0.29) is 6.61 Å². The van der Waals surface area contributed by atoms with Crippen LogP contribution in [0.3, 0.4) is 0 Å². The Kier molecular flexibility index (Phi) is 13.7. The fourth-order valence-electron chi connectivity index (χ4n) is 5.53. The molecule has 0 spiro atoms. The first-order valence-electron chi connectivity index (χ1n) is 16.2. The summed E-state index contributed by atoms with van der Waals surface area (Å²) in [6.45, 7) is 1.51. The second kappa shape index (κ2) is 18.6. The molecule has 0 unspecified atom stereocenters. The van der Waals surface area contributed by atoms with Gasteiger partial charge in [-0.15, -0.1) is 0 Å². The van der Waals surface area contributed by atoms with E-state index in [9.17, 15) is 0 Å². The molecule has 1 saturated heterocycles. The number of ether oxygens (including phenoxy) is 10. The third-order valence-corrected chi connectivity index (χ3v) is 8.34. The number of rotatable bonds is 18. The molecule has 5 atom stereocenters. The van der Waals surface area contributed by atoms with Crippen LogP contribution in [0.4, 0.5) is 0 Å². The lowest BCUT2D eigenvalue weighted by atomic mass is 9.97. The average Bonchev–Trinajstić information content (AvgIpc) is 3.16. The maximum absolute atomic E-state index is 6.71. The molecule has 49 heavy (non-hydrogen) atoms. The Morgan fingerprint density at radius 1 is 0.429 bits per heavy atom. The molecule has 0 aliphatic carbocycles. The maximum Gasteiger partial charge on any atom is 0.186 e. The van der Waals surface area contributed by atoms with Gasteiger partial charge in [-0.2, -0.15) is 0 Å². The van der Waals surface area contributed by atoms with Gasteiger partial charge in [-0.25, -0.2) is 0 Å². The van der Waals surface area contributed by atoms with Crippen LogP contribution in [0.25, 0.3) is 0 Å². The molecule has 0 radical (unpaired) electrons. The van der Waals surface area contributed by atoms with Gasteiger partial charge in [0.25, 0.3) is 0 Å². The van der Waals surface area contributed by atoms with E-state index in [0.29, 0.717) is 26.4 Å². The summed E-state index contributed by atoms with van der Waals surface area (Å²) in [7, 11) is 8.17. The van der Waals surface area contributed by atoms with Crippen LogP contribution in [0.2, 0.25) is 0 Å². The molecular weight excluding hydrogens is 628 g/mol. The van der Waals surface area contributed by atoms with Crippen molar-refractivity contribution in [2.45, 2.75) is 57.1 Å². The maximum atomic E-state index is 6.71. The van der Waals surface area contributed by atoms with Crippen molar-refractivity contribution in [1.29, 1.82) is 0 Å². The Balaban J connectivity index is 1.40. The van der Waals surface area contributed by atoms with Crippen LogP contribution in [-0.2, 0) is 54.8 Å². The fraction of sp³-hybridized carbons (Fsp3) is 0.385. The van der Waals surface area contributed by atoms with Crippen LogP contribution < -0.4 is 18.9 Å². The van der Waals surface area contributed by atoms with Crippen LogP contribution in [0.5, 0.6) is 23.0 Å². The summed E-state index contributed by atoms with van der Waals surface area (Å²) in [6, 6.07) is 31.0. The zero-order chi connectivity index (χ0) is 34.4. The molecular formula is C39H46O10. The minimum atomic E-state index is -0.755. The van der Waals surface area contributed by atoms with Crippen molar-refractivity contribution >= 4 is 0 Å². The minimum Gasteiger partial charge on any atom is -0.497 e. The molecule has 4 aromatic carbocycles. The highest BCUT2D eigenvalue weighted by Gasteiger charge is 2.48. The van der Waals surface area contributed by atoms with Gasteiger partial charge in [0, 0.05) is 7.11 Å². The Labute approximate surface area is 288 Å². The summed E-state index contributed by atoms with van der Waals surface area (Å²) in [4.78, 5) is 0. The van der Waals surface area contributed by atoms with E-state index in [1.165, 1.54) is 0 Å². The first kappa shape index (κ1) is 36.1. The molecule has 0 bridgehead atoms. The molecule has 1 heterocycles. The average molecular weight is 675 g/mol. The van der Waals surface area contributed by atoms with Crippen molar-refractivity contribution in [1.82, 2.24) is 0 Å². The summed E-state index contributed by atoms with van der Waals surface area (Å²) in [6.07, 6.45) is -3.10. The van der Waals surface area contributed by atoms with Crippen LogP contribution in [-0.4, -0.2) is 72.9 Å². The molecule has 0 aromatic heterocycles. The standard InChI is InChI=1S/C39H46O10/c1-40-31-14-6-27(7-15-31)22-45-26-35-36(46-23-28-8-16-32(41-2)17-9-28)37(47-24-29-10-18-33(42-3)19-11-29)38(39(44-5)49-35)48-25-30-12-20-34(43-4)21-13-30/h6-21,35-39H,22-26H2,1-5H3/t35-,36-,37+,38-,39+/m1/s1. The first-order chi connectivity index (χ1) is 24.0. The van der Waals surface area contributed by atoms with Crippen LogP contribution in [0.15, 0.2) is 97.1 Å². The van der Waals surface area contributed by atoms with Crippen LogP contribution in [0.1, 0.15) is 22.3 Å².